The lowest BCUT2D eigenvalue weighted by Crippen LogP contribution is -2.31. The molecule has 0 heterocycles. The van der Waals surface area contributed by atoms with E-state index in [1.165, 1.54) is 12.8 Å². The lowest BCUT2D eigenvalue weighted by atomic mass is 10.1. The van der Waals surface area contributed by atoms with Gasteiger partial charge in [-0.1, -0.05) is 0 Å². The van der Waals surface area contributed by atoms with Crippen LogP contribution in [0.1, 0.15) is 25.7 Å². The van der Waals surface area contributed by atoms with Crippen LogP contribution in [0.4, 0.5) is 4.79 Å². The highest BCUT2D eigenvalue weighted by atomic mass is 16.5. The molecule has 0 aromatic carbocycles. The second-order valence-corrected chi connectivity index (χ2v) is 5.05. The highest BCUT2D eigenvalue weighted by Gasteiger charge is 2.49. The first-order valence-electron chi connectivity index (χ1n) is 6.84. The van der Waals surface area contributed by atoms with E-state index in [2.05, 4.69) is 22.5 Å². The molecule has 3 atom stereocenters. The van der Waals surface area contributed by atoms with E-state index < -0.39 is 0 Å². The van der Waals surface area contributed by atoms with Crippen molar-refractivity contribution < 1.29 is 9.53 Å². The molecule has 4 heteroatoms. The van der Waals surface area contributed by atoms with Crippen LogP contribution < -0.4 is 10.6 Å². The average Bonchev–Trinajstić information content (AvgIpc) is 2.97. The molecule has 1 fully saturated rings. The molecular formula is C14H22N2O2. The van der Waals surface area contributed by atoms with Crippen molar-refractivity contribution in [1.29, 1.82) is 0 Å². The average molecular weight is 250 g/mol. The maximum Gasteiger partial charge on any atom is 0.407 e. The van der Waals surface area contributed by atoms with Gasteiger partial charge in [-0.15, -0.1) is 11.8 Å². The Labute approximate surface area is 109 Å². The SMILES string of the molecule is CNCCNC(=O)OCC1[C@H]2CCC#CCC[C@@H]12. The standard InChI is InChI=1S/C14H22N2O2/c1-15-8-9-16-14(17)18-10-13-11-6-4-2-3-5-7-12(11)13/h11-13,15H,4-10H2,1H3,(H,16,17)/t11-,12+,13?. The number of carbonyl (C=O) groups excluding carboxylic acids is 1. The number of alkyl carbamates (subject to hydrolysis) is 1. The Bertz CT molecular complexity index is 327. The van der Waals surface area contributed by atoms with Crippen molar-refractivity contribution >= 4 is 6.09 Å². The highest BCUT2D eigenvalue weighted by molar-refractivity contribution is 5.67. The van der Waals surface area contributed by atoms with Crippen LogP contribution in [0.15, 0.2) is 0 Å². The van der Waals surface area contributed by atoms with Crippen molar-refractivity contribution in [2.45, 2.75) is 25.7 Å². The summed E-state index contributed by atoms with van der Waals surface area (Å²) in [6.07, 6.45) is 4.07. The van der Waals surface area contributed by atoms with Crippen molar-refractivity contribution in [2.24, 2.45) is 17.8 Å². The zero-order valence-corrected chi connectivity index (χ0v) is 11.0. The monoisotopic (exact) mass is 250 g/mol. The number of nitrogens with one attached hydrogen (secondary N) is 2. The van der Waals surface area contributed by atoms with Crippen LogP contribution in [0.25, 0.3) is 0 Å². The lowest BCUT2D eigenvalue weighted by molar-refractivity contribution is 0.137. The number of ether oxygens (including phenoxy) is 1. The van der Waals surface area contributed by atoms with Crippen LogP contribution in [-0.4, -0.2) is 32.8 Å². The van der Waals surface area contributed by atoms with Gasteiger partial charge in [-0.25, -0.2) is 4.79 Å². The molecule has 1 unspecified atom stereocenters. The normalized spacial score (nSPS) is 29.1. The second kappa shape index (κ2) is 6.65. The van der Waals surface area contributed by atoms with E-state index >= 15 is 0 Å². The van der Waals surface area contributed by atoms with Gasteiger partial charge in [0.25, 0.3) is 0 Å². The minimum atomic E-state index is -0.291. The number of hydrogen-bond donors (Lipinski definition) is 2. The molecule has 18 heavy (non-hydrogen) atoms. The van der Waals surface area contributed by atoms with Crippen molar-refractivity contribution in [3.63, 3.8) is 0 Å². The fourth-order valence-corrected chi connectivity index (χ4v) is 2.79. The molecule has 2 aliphatic carbocycles. The van der Waals surface area contributed by atoms with Crippen LogP contribution in [0.2, 0.25) is 0 Å². The number of carbonyl (C=O) groups is 1. The molecule has 100 valence electrons. The second-order valence-electron chi connectivity index (χ2n) is 5.05. The summed E-state index contributed by atoms with van der Waals surface area (Å²) in [5.74, 6) is 8.43. The molecule has 4 nitrogen and oxygen atoms in total. The molecule has 0 radical (unpaired) electrons. The van der Waals surface area contributed by atoms with Gasteiger partial charge < -0.3 is 15.4 Å². The van der Waals surface area contributed by atoms with Gasteiger partial charge in [-0.05, 0) is 37.6 Å². The summed E-state index contributed by atoms with van der Waals surface area (Å²) < 4.78 is 5.27. The molecule has 0 saturated heterocycles. The Morgan fingerprint density at radius 2 is 1.89 bits per heavy atom. The minimum Gasteiger partial charge on any atom is -0.449 e. The number of rotatable bonds is 5. The topological polar surface area (TPSA) is 50.4 Å². The molecule has 2 aliphatic rings. The van der Waals surface area contributed by atoms with Crippen LogP contribution in [0.3, 0.4) is 0 Å². The van der Waals surface area contributed by atoms with Crippen LogP contribution in [0, 0.1) is 29.6 Å². The molecule has 1 saturated carbocycles. The van der Waals surface area contributed by atoms with Crippen molar-refractivity contribution in [2.75, 3.05) is 26.7 Å². The first kappa shape index (κ1) is 13.2. The van der Waals surface area contributed by atoms with Crippen molar-refractivity contribution in [3.8, 4) is 11.8 Å². The van der Waals surface area contributed by atoms with E-state index in [1.54, 1.807) is 0 Å². The zero-order chi connectivity index (χ0) is 12.8. The Kier molecular flexibility index (Phi) is 4.89. The summed E-state index contributed by atoms with van der Waals surface area (Å²) in [5.41, 5.74) is 0. The summed E-state index contributed by atoms with van der Waals surface area (Å²) in [4.78, 5) is 11.4. The Hall–Kier alpha value is -1.21. The van der Waals surface area contributed by atoms with Gasteiger partial charge in [0.2, 0.25) is 0 Å². The first-order valence-corrected chi connectivity index (χ1v) is 6.84. The number of amides is 1. The van der Waals surface area contributed by atoms with E-state index in [0.717, 1.165) is 31.2 Å². The third-order valence-corrected chi connectivity index (χ3v) is 3.89. The summed E-state index contributed by atoms with van der Waals surface area (Å²) in [7, 11) is 1.86. The van der Waals surface area contributed by atoms with E-state index in [4.69, 9.17) is 4.74 Å². The fourth-order valence-electron chi connectivity index (χ4n) is 2.79. The van der Waals surface area contributed by atoms with Gasteiger partial charge in [0.05, 0.1) is 6.61 Å². The molecule has 2 N–H and O–H groups in total. The molecule has 0 aromatic rings. The molecule has 0 aliphatic heterocycles. The van der Waals surface area contributed by atoms with Crippen molar-refractivity contribution in [1.82, 2.24) is 10.6 Å². The van der Waals surface area contributed by atoms with E-state index in [0.29, 0.717) is 19.1 Å². The molecular weight excluding hydrogens is 228 g/mol. The fraction of sp³-hybridized carbons (Fsp3) is 0.786. The van der Waals surface area contributed by atoms with Gasteiger partial charge in [-0.2, -0.15) is 0 Å². The first-order chi connectivity index (χ1) is 8.83. The predicted octanol–water partition coefficient (Wildman–Crippen LogP) is 1.37. The maximum absolute atomic E-state index is 11.4. The number of hydrogen-bond acceptors (Lipinski definition) is 3. The smallest absolute Gasteiger partial charge is 0.407 e. The van der Waals surface area contributed by atoms with Crippen LogP contribution in [-0.2, 0) is 4.74 Å². The van der Waals surface area contributed by atoms with E-state index in [9.17, 15) is 4.79 Å². The third-order valence-electron chi connectivity index (χ3n) is 3.89. The summed E-state index contributed by atoms with van der Waals surface area (Å²) in [6, 6.07) is 0. The van der Waals surface area contributed by atoms with Crippen molar-refractivity contribution in [3.05, 3.63) is 0 Å². The lowest BCUT2D eigenvalue weighted by Gasteiger charge is -2.06. The Balaban J connectivity index is 1.62. The number of likely N-dealkylation sites (N-methyl/N-ethyl adjacent to an activating group) is 1. The van der Waals surface area contributed by atoms with E-state index in [1.807, 2.05) is 7.05 Å². The quantitative estimate of drug-likeness (QED) is 0.572. The molecule has 0 bridgehead atoms. The summed E-state index contributed by atoms with van der Waals surface area (Å²) in [6.45, 7) is 1.95. The van der Waals surface area contributed by atoms with Gasteiger partial charge in [0.15, 0.2) is 0 Å². The van der Waals surface area contributed by atoms with Gasteiger partial charge in [0, 0.05) is 25.9 Å². The zero-order valence-electron chi connectivity index (χ0n) is 11.0. The van der Waals surface area contributed by atoms with E-state index in [-0.39, 0.29) is 6.09 Å². The van der Waals surface area contributed by atoms with Gasteiger partial charge >= 0.3 is 6.09 Å². The van der Waals surface area contributed by atoms with Gasteiger partial charge in [-0.3, -0.25) is 0 Å². The number of fused-ring (bicyclic) bond motifs is 1. The highest BCUT2D eigenvalue weighted by Crippen LogP contribution is 2.52. The third kappa shape index (κ3) is 3.64. The molecule has 0 aromatic heterocycles. The van der Waals surface area contributed by atoms with Crippen LogP contribution >= 0.6 is 0 Å². The Morgan fingerprint density at radius 1 is 1.22 bits per heavy atom. The summed E-state index contributed by atoms with van der Waals surface area (Å²) in [5, 5.41) is 5.70. The van der Waals surface area contributed by atoms with Gasteiger partial charge in [0.1, 0.15) is 0 Å². The minimum absolute atomic E-state index is 0.291. The molecule has 2 rings (SSSR count). The summed E-state index contributed by atoms with van der Waals surface area (Å²) >= 11 is 0. The maximum atomic E-state index is 11.4. The molecule has 0 spiro atoms. The predicted molar refractivity (Wildman–Crippen MR) is 70.0 cm³/mol. The van der Waals surface area contributed by atoms with Crippen LogP contribution in [0.5, 0.6) is 0 Å². The molecule has 1 amide bonds. The Morgan fingerprint density at radius 3 is 2.50 bits per heavy atom. The largest absolute Gasteiger partial charge is 0.449 e.